The van der Waals surface area contributed by atoms with E-state index < -0.39 is 0 Å². The van der Waals surface area contributed by atoms with E-state index >= 15 is 0 Å². The second-order valence-electron chi connectivity index (χ2n) is 5.55. The minimum atomic E-state index is -0.228. The van der Waals surface area contributed by atoms with Gasteiger partial charge in [0.15, 0.2) is 5.69 Å². The highest BCUT2D eigenvalue weighted by Gasteiger charge is 2.07. The third kappa shape index (κ3) is 4.25. The summed E-state index contributed by atoms with van der Waals surface area (Å²) in [5.41, 5.74) is 2.91. The molecule has 0 aliphatic heterocycles. The van der Waals surface area contributed by atoms with E-state index in [0.717, 1.165) is 16.8 Å². The molecule has 1 aromatic heterocycles. The molecule has 2 aromatic carbocycles. The summed E-state index contributed by atoms with van der Waals surface area (Å²) in [6.45, 7) is 9.05. The minimum absolute atomic E-state index is 0.228. The number of benzene rings is 2. The number of rotatable bonds is 4. The molecule has 0 spiro atoms. The van der Waals surface area contributed by atoms with Gasteiger partial charge in [-0.25, -0.2) is 9.94 Å². The summed E-state index contributed by atoms with van der Waals surface area (Å²) in [5, 5.41) is 6.89. The number of hydrogen-bond acceptors (Lipinski definition) is 3. The van der Waals surface area contributed by atoms with Crippen LogP contribution in [0.5, 0.6) is 11.5 Å². The Balaban J connectivity index is 1.87. The maximum Gasteiger partial charge on any atom is 0.264 e. The molecule has 1 heterocycles. The summed E-state index contributed by atoms with van der Waals surface area (Å²) in [4.78, 5) is 14.5. The molecule has 3 aromatic rings. The van der Waals surface area contributed by atoms with Gasteiger partial charge >= 0.3 is 0 Å². The number of halogens is 1. The minimum Gasteiger partial charge on any atom is -0.458 e. The smallest absolute Gasteiger partial charge is 0.264 e. The zero-order chi connectivity index (χ0) is 17.8. The Hall–Kier alpha value is -3.10. The van der Waals surface area contributed by atoms with E-state index in [1.807, 2.05) is 25.1 Å². The van der Waals surface area contributed by atoms with Crippen LogP contribution < -0.4 is 10.3 Å². The molecule has 0 bridgehead atoms. The first-order chi connectivity index (χ1) is 12.0. The van der Waals surface area contributed by atoms with Crippen molar-refractivity contribution in [3.63, 3.8) is 0 Å². The van der Waals surface area contributed by atoms with Gasteiger partial charge in [-0.05, 0) is 48.4 Å². The van der Waals surface area contributed by atoms with Crippen molar-refractivity contribution in [3.8, 4) is 11.5 Å². The van der Waals surface area contributed by atoms with Crippen LogP contribution in [0.2, 0.25) is 5.02 Å². The molecule has 0 unspecified atom stereocenters. The van der Waals surface area contributed by atoms with Gasteiger partial charge in [-0.1, -0.05) is 23.7 Å². The fourth-order valence-electron chi connectivity index (χ4n) is 2.34. The SMILES string of the molecule is [C-]#[N+]c1cc(Cl)cc(Oc2cc(Cc3ccc(=O)[nH]n3)ccc2C)c1. The third-order valence-electron chi connectivity index (χ3n) is 3.59. The molecule has 25 heavy (non-hydrogen) atoms. The summed E-state index contributed by atoms with van der Waals surface area (Å²) < 4.78 is 5.92. The van der Waals surface area contributed by atoms with Crippen LogP contribution >= 0.6 is 11.6 Å². The lowest BCUT2D eigenvalue weighted by Gasteiger charge is -2.11. The van der Waals surface area contributed by atoms with Crippen molar-refractivity contribution in [1.29, 1.82) is 0 Å². The largest absolute Gasteiger partial charge is 0.458 e. The molecule has 0 saturated carbocycles. The lowest BCUT2D eigenvalue weighted by Crippen LogP contribution is -2.07. The number of H-pyrrole nitrogens is 1. The highest BCUT2D eigenvalue weighted by atomic mass is 35.5. The van der Waals surface area contributed by atoms with Crippen LogP contribution in [-0.4, -0.2) is 10.2 Å². The Morgan fingerprint density at radius 1 is 1.20 bits per heavy atom. The molecule has 0 amide bonds. The molecule has 1 N–H and O–H groups in total. The summed E-state index contributed by atoms with van der Waals surface area (Å²) in [6, 6.07) is 13.9. The van der Waals surface area contributed by atoms with Gasteiger partial charge in [-0.15, -0.1) is 0 Å². The molecule has 0 atom stereocenters. The Bertz CT molecular complexity index is 1000. The van der Waals surface area contributed by atoms with E-state index in [4.69, 9.17) is 22.9 Å². The number of ether oxygens (including phenoxy) is 1. The Morgan fingerprint density at radius 3 is 2.76 bits per heavy atom. The molecule has 5 nitrogen and oxygen atoms in total. The Kier molecular flexibility index (Phi) is 4.82. The van der Waals surface area contributed by atoms with E-state index in [2.05, 4.69) is 15.0 Å². The van der Waals surface area contributed by atoms with Gasteiger partial charge in [0.05, 0.1) is 12.3 Å². The maximum atomic E-state index is 11.1. The van der Waals surface area contributed by atoms with Crippen molar-refractivity contribution in [2.24, 2.45) is 0 Å². The van der Waals surface area contributed by atoms with Crippen LogP contribution in [0.25, 0.3) is 4.85 Å². The fraction of sp³-hybridized carbons (Fsp3) is 0.105. The van der Waals surface area contributed by atoms with E-state index in [1.165, 1.54) is 6.07 Å². The second kappa shape index (κ2) is 7.20. The summed E-state index contributed by atoms with van der Waals surface area (Å²) in [6.07, 6.45) is 0.566. The molecular weight excluding hydrogens is 338 g/mol. The van der Waals surface area contributed by atoms with Crippen molar-refractivity contribution in [2.45, 2.75) is 13.3 Å². The zero-order valence-electron chi connectivity index (χ0n) is 13.4. The molecule has 0 aliphatic rings. The van der Waals surface area contributed by atoms with Gasteiger partial charge in [0.25, 0.3) is 5.56 Å². The number of nitrogens with one attached hydrogen (secondary N) is 1. The maximum absolute atomic E-state index is 11.1. The van der Waals surface area contributed by atoms with Crippen LogP contribution in [-0.2, 0) is 6.42 Å². The number of aromatic nitrogens is 2. The van der Waals surface area contributed by atoms with Crippen molar-refractivity contribution < 1.29 is 4.74 Å². The van der Waals surface area contributed by atoms with Gasteiger partial charge in [0.1, 0.15) is 11.5 Å². The molecule has 0 aliphatic carbocycles. The van der Waals surface area contributed by atoms with Crippen LogP contribution in [0.15, 0.2) is 53.3 Å². The third-order valence-corrected chi connectivity index (χ3v) is 3.81. The topological polar surface area (TPSA) is 59.3 Å². The normalized spacial score (nSPS) is 10.3. The predicted molar refractivity (Wildman–Crippen MR) is 96.6 cm³/mol. The van der Waals surface area contributed by atoms with Crippen molar-refractivity contribution in [2.75, 3.05) is 0 Å². The molecule has 0 radical (unpaired) electrons. The molecule has 3 rings (SSSR count). The van der Waals surface area contributed by atoms with Crippen LogP contribution in [0, 0.1) is 13.5 Å². The number of nitrogens with zero attached hydrogens (tertiary/aromatic N) is 2. The van der Waals surface area contributed by atoms with Crippen LogP contribution in [0.1, 0.15) is 16.8 Å². The highest BCUT2D eigenvalue weighted by molar-refractivity contribution is 6.31. The lowest BCUT2D eigenvalue weighted by molar-refractivity contribution is 0.478. The Labute approximate surface area is 149 Å². The van der Waals surface area contributed by atoms with Crippen molar-refractivity contribution in [1.82, 2.24) is 10.2 Å². The molecule has 124 valence electrons. The highest BCUT2D eigenvalue weighted by Crippen LogP contribution is 2.32. The second-order valence-corrected chi connectivity index (χ2v) is 5.98. The van der Waals surface area contributed by atoms with Gasteiger partial charge in [-0.2, -0.15) is 5.10 Å². The van der Waals surface area contributed by atoms with Gasteiger partial charge in [0, 0.05) is 17.5 Å². The van der Waals surface area contributed by atoms with Crippen LogP contribution in [0.3, 0.4) is 0 Å². The summed E-state index contributed by atoms with van der Waals surface area (Å²) in [5.74, 6) is 1.20. The number of hydrogen-bond donors (Lipinski definition) is 1. The molecular formula is C19H14ClN3O2. The van der Waals surface area contributed by atoms with Crippen LogP contribution in [0.4, 0.5) is 5.69 Å². The average molecular weight is 352 g/mol. The van der Waals surface area contributed by atoms with E-state index in [-0.39, 0.29) is 5.56 Å². The van der Waals surface area contributed by atoms with E-state index in [9.17, 15) is 4.79 Å². The fourth-order valence-corrected chi connectivity index (χ4v) is 2.56. The van der Waals surface area contributed by atoms with E-state index in [1.54, 1.807) is 24.3 Å². The number of aromatic amines is 1. The molecule has 0 saturated heterocycles. The predicted octanol–water partition coefficient (Wildman–Crippen LogP) is 4.67. The lowest BCUT2D eigenvalue weighted by atomic mass is 10.1. The van der Waals surface area contributed by atoms with Gasteiger partial charge in [-0.3, -0.25) is 4.79 Å². The number of aryl methyl sites for hydroxylation is 1. The monoisotopic (exact) mass is 351 g/mol. The summed E-state index contributed by atoms with van der Waals surface area (Å²) >= 11 is 6.03. The van der Waals surface area contributed by atoms with E-state index in [0.29, 0.717) is 28.6 Å². The van der Waals surface area contributed by atoms with Gasteiger partial charge < -0.3 is 4.74 Å². The van der Waals surface area contributed by atoms with Gasteiger partial charge in [0.2, 0.25) is 0 Å². The molecule has 6 heteroatoms. The summed E-state index contributed by atoms with van der Waals surface area (Å²) in [7, 11) is 0. The Morgan fingerprint density at radius 2 is 2.04 bits per heavy atom. The molecule has 0 fully saturated rings. The zero-order valence-corrected chi connectivity index (χ0v) is 14.2. The quantitative estimate of drug-likeness (QED) is 0.695. The standard InChI is InChI=1S/C19H14ClN3O2/c1-12-3-4-13(7-15-5-6-19(24)23-22-15)8-18(12)25-17-10-14(20)9-16(11-17)21-2/h3-6,8-11H,7H2,1H3,(H,23,24). The van der Waals surface area contributed by atoms with Crippen molar-refractivity contribution in [3.05, 3.63) is 92.1 Å². The first kappa shape index (κ1) is 16.7. The first-order valence-corrected chi connectivity index (χ1v) is 7.91. The van der Waals surface area contributed by atoms with Crippen molar-refractivity contribution >= 4 is 17.3 Å². The average Bonchev–Trinajstić information content (AvgIpc) is 2.59. The first-order valence-electron chi connectivity index (χ1n) is 7.53.